The summed E-state index contributed by atoms with van der Waals surface area (Å²) in [4.78, 5) is 7.97. The van der Waals surface area contributed by atoms with Gasteiger partial charge in [-0.3, -0.25) is 0 Å². The molecule has 0 saturated heterocycles. The number of rotatable bonds is 4. The summed E-state index contributed by atoms with van der Waals surface area (Å²) >= 11 is 0. The number of benzene rings is 1. The number of aromatic nitrogens is 4. The maximum atomic E-state index is 9.20. The van der Waals surface area contributed by atoms with E-state index in [0.717, 1.165) is 29.1 Å². The number of nitrogens with one attached hydrogen (secondary N) is 1. The molecule has 2 heterocycles. The summed E-state index contributed by atoms with van der Waals surface area (Å²) in [5.41, 5.74) is 4.62. The minimum absolute atomic E-state index is 0.0596. The fraction of sp³-hybridized carbons (Fsp3) is 0.375. The van der Waals surface area contributed by atoms with Gasteiger partial charge in [0.1, 0.15) is 0 Å². The van der Waals surface area contributed by atoms with Crippen LogP contribution in [0.1, 0.15) is 24.0 Å². The molecule has 0 atom stereocenters. The van der Waals surface area contributed by atoms with Gasteiger partial charge in [-0.2, -0.15) is 5.10 Å². The first-order valence-corrected chi connectivity index (χ1v) is 7.28. The number of aryl methyl sites for hydroxylation is 3. The average molecular weight is 284 g/mol. The maximum Gasteiger partial charge on any atom is 0.158 e. The Morgan fingerprint density at radius 1 is 1.29 bits per heavy atom. The third-order valence-corrected chi connectivity index (χ3v) is 3.91. The highest BCUT2D eigenvalue weighted by Crippen LogP contribution is 2.27. The van der Waals surface area contributed by atoms with Gasteiger partial charge < -0.3 is 10.1 Å². The van der Waals surface area contributed by atoms with Crippen molar-refractivity contribution in [2.45, 2.75) is 33.7 Å². The number of hydrogen-bond donors (Lipinski definition) is 2. The summed E-state index contributed by atoms with van der Waals surface area (Å²) in [7, 11) is 0. The molecule has 1 aromatic carbocycles. The first-order chi connectivity index (χ1) is 10.1. The molecule has 0 fully saturated rings. The molecule has 0 aliphatic carbocycles. The standard InChI is InChI=1S/C16H20N4O/c1-4-15-18-16(20(19-15)7-8-21)12-5-6-14-13(9-12)10(2)11(3)17-14/h5-6,9,17,21H,4,7-8H2,1-3H3. The van der Waals surface area contributed by atoms with Crippen molar-refractivity contribution < 1.29 is 5.11 Å². The van der Waals surface area contributed by atoms with Crippen molar-refractivity contribution in [3.05, 3.63) is 35.3 Å². The summed E-state index contributed by atoms with van der Waals surface area (Å²) in [6, 6.07) is 6.27. The first-order valence-electron chi connectivity index (χ1n) is 7.28. The maximum absolute atomic E-state index is 9.20. The molecule has 0 unspecified atom stereocenters. The SMILES string of the molecule is CCc1nc(-c2ccc3[nH]c(C)c(C)c3c2)n(CCO)n1. The summed E-state index contributed by atoms with van der Waals surface area (Å²) in [6.07, 6.45) is 0.788. The monoisotopic (exact) mass is 284 g/mol. The molecule has 0 bridgehead atoms. The average Bonchev–Trinajstić information content (AvgIpc) is 3.02. The van der Waals surface area contributed by atoms with Gasteiger partial charge in [-0.15, -0.1) is 0 Å². The smallest absolute Gasteiger partial charge is 0.158 e. The lowest BCUT2D eigenvalue weighted by atomic mass is 10.1. The van der Waals surface area contributed by atoms with Crippen LogP contribution in [-0.2, 0) is 13.0 Å². The van der Waals surface area contributed by atoms with E-state index in [2.05, 4.69) is 47.1 Å². The van der Waals surface area contributed by atoms with Crippen LogP contribution in [0.25, 0.3) is 22.3 Å². The van der Waals surface area contributed by atoms with Crippen molar-refractivity contribution in [1.29, 1.82) is 0 Å². The molecule has 2 aromatic heterocycles. The molecule has 0 aliphatic rings. The highest BCUT2D eigenvalue weighted by molar-refractivity contribution is 5.88. The quantitative estimate of drug-likeness (QED) is 0.774. The highest BCUT2D eigenvalue weighted by atomic mass is 16.3. The van der Waals surface area contributed by atoms with Crippen LogP contribution in [0.5, 0.6) is 0 Å². The van der Waals surface area contributed by atoms with Gasteiger partial charge in [0.2, 0.25) is 0 Å². The highest BCUT2D eigenvalue weighted by Gasteiger charge is 2.13. The molecular weight excluding hydrogens is 264 g/mol. The largest absolute Gasteiger partial charge is 0.394 e. The van der Waals surface area contributed by atoms with Gasteiger partial charge in [-0.1, -0.05) is 6.92 Å². The summed E-state index contributed by atoms with van der Waals surface area (Å²) in [5.74, 6) is 1.63. The Morgan fingerprint density at radius 2 is 2.10 bits per heavy atom. The zero-order valence-corrected chi connectivity index (χ0v) is 12.6. The molecule has 0 saturated carbocycles. The topological polar surface area (TPSA) is 66.7 Å². The number of H-pyrrole nitrogens is 1. The van der Waals surface area contributed by atoms with Crippen molar-refractivity contribution in [3.63, 3.8) is 0 Å². The van der Waals surface area contributed by atoms with E-state index >= 15 is 0 Å². The molecule has 0 amide bonds. The number of hydrogen-bond acceptors (Lipinski definition) is 3. The van der Waals surface area contributed by atoms with Crippen molar-refractivity contribution in [2.24, 2.45) is 0 Å². The summed E-state index contributed by atoms with van der Waals surface area (Å²) in [6.45, 7) is 6.76. The zero-order chi connectivity index (χ0) is 15.0. The van der Waals surface area contributed by atoms with Crippen LogP contribution in [0.15, 0.2) is 18.2 Å². The van der Waals surface area contributed by atoms with E-state index < -0.39 is 0 Å². The second-order valence-electron chi connectivity index (χ2n) is 5.29. The summed E-state index contributed by atoms with van der Waals surface area (Å²) < 4.78 is 1.79. The Balaban J connectivity index is 2.15. The van der Waals surface area contributed by atoms with Gasteiger partial charge in [-0.05, 0) is 37.6 Å². The Morgan fingerprint density at radius 3 is 2.81 bits per heavy atom. The third kappa shape index (κ3) is 2.34. The lowest BCUT2D eigenvalue weighted by Gasteiger charge is -2.04. The molecule has 0 aliphatic heterocycles. The number of aromatic amines is 1. The van der Waals surface area contributed by atoms with Crippen LogP contribution in [0.4, 0.5) is 0 Å². The molecule has 5 heteroatoms. The molecule has 5 nitrogen and oxygen atoms in total. The van der Waals surface area contributed by atoms with Gasteiger partial charge >= 0.3 is 0 Å². The van der Waals surface area contributed by atoms with Crippen LogP contribution < -0.4 is 0 Å². The van der Waals surface area contributed by atoms with E-state index in [1.165, 1.54) is 16.6 Å². The van der Waals surface area contributed by atoms with E-state index in [4.69, 9.17) is 0 Å². The molecule has 3 aromatic rings. The van der Waals surface area contributed by atoms with Crippen LogP contribution in [-0.4, -0.2) is 31.5 Å². The lowest BCUT2D eigenvalue weighted by molar-refractivity contribution is 0.270. The normalized spacial score (nSPS) is 11.4. The predicted octanol–water partition coefficient (Wildman–Crippen LogP) is 2.60. The van der Waals surface area contributed by atoms with Crippen LogP contribution >= 0.6 is 0 Å². The number of aliphatic hydroxyl groups excluding tert-OH is 1. The second kappa shape index (κ2) is 5.33. The zero-order valence-electron chi connectivity index (χ0n) is 12.6. The van der Waals surface area contributed by atoms with Gasteiger partial charge in [0.25, 0.3) is 0 Å². The number of nitrogens with zero attached hydrogens (tertiary/aromatic N) is 3. The molecule has 3 rings (SSSR count). The molecule has 110 valence electrons. The van der Waals surface area contributed by atoms with E-state index in [1.54, 1.807) is 4.68 Å². The first kappa shape index (κ1) is 13.8. The van der Waals surface area contributed by atoms with E-state index in [1.807, 2.05) is 6.92 Å². The van der Waals surface area contributed by atoms with Crippen molar-refractivity contribution in [3.8, 4) is 11.4 Å². The van der Waals surface area contributed by atoms with Crippen LogP contribution in [0, 0.1) is 13.8 Å². The predicted molar refractivity (Wildman–Crippen MR) is 83.3 cm³/mol. The van der Waals surface area contributed by atoms with E-state index in [-0.39, 0.29) is 6.61 Å². The molecule has 2 N–H and O–H groups in total. The van der Waals surface area contributed by atoms with Crippen molar-refractivity contribution in [2.75, 3.05) is 6.61 Å². The Labute approximate surface area is 123 Å². The summed E-state index contributed by atoms with van der Waals surface area (Å²) in [5, 5.41) is 14.8. The Hall–Kier alpha value is -2.14. The van der Waals surface area contributed by atoms with Gasteiger partial charge in [-0.25, -0.2) is 9.67 Å². The molecule has 0 radical (unpaired) electrons. The van der Waals surface area contributed by atoms with Crippen LogP contribution in [0.3, 0.4) is 0 Å². The van der Waals surface area contributed by atoms with Gasteiger partial charge in [0, 0.05) is 28.6 Å². The number of aliphatic hydroxyl groups is 1. The second-order valence-corrected chi connectivity index (χ2v) is 5.29. The third-order valence-electron chi connectivity index (χ3n) is 3.91. The van der Waals surface area contributed by atoms with Gasteiger partial charge in [0.15, 0.2) is 11.6 Å². The molecule has 0 spiro atoms. The van der Waals surface area contributed by atoms with Crippen LogP contribution in [0.2, 0.25) is 0 Å². The minimum Gasteiger partial charge on any atom is -0.394 e. The Bertz CT molecular complexity index is 785. The van der Waals surface area contributed by atoms with Crippen molar-refractivity contribution in [1.82, 2.24) is 19.7 Å². The lowest BCUT2D eigenvalue weighted by Crippen LogP contribution is -2.06. The Kier molecular flexibility index (Phi) is 3.51. The number of fused-ring (bicyclic) bond motifs is 1. The molecule has 21 heavy (non-hydrogen) atoms. The van der Waals surface area contributed by atoms with Gasteiger partial charge in [0.05, 0.1) is 13.2 Å². The fourth-order valence-electron chi connectivity index (χ4n) is 2.60. The molecular formula is C16H20N4O. The van der Waals surface area contributed by atoms with E-state index in [9.17, 15) is 5.11 Å². The minimum atomic E-state index is 0.0596. The van der Waals surface area contributed by atoms with E-state index in [0.29, 0.717) is 6.54 Å². The van der Waals surface area contributed by atoms with Crippen molar-refractivity contribution >= 4 is 10.9 Å². The fourth-order valence-corrected chi connectivity index (χ4v) is 2.60.